The number of amides is 2. The first kappa shape index (κ1) is 23.5. The van der Waals surface area contributed by atoms with Gasteiger partial charge in [-0.2, -0.15) is 8.78 Å². The molecule has 0 radical (unpaired) electrons. The third-order valence-electron chi connectivity index (χ3n) is 5.13. The number of likely N-dealkylation sites (tertiary alicyclic amines) is 1. The van der Waals surface area contributed by atoms with Crippen molar-refractivity contribution in [1.82, 2.24) is 4.90 Å². The highest BCUT2D eigenvalue weighted by atomic mass is 19.3. The lowest BCUT2D eigenvalue weighted by atomic mass is 9.96. The Balaban J connectivity index is 1.68. The van der Waals surface area contributed by atoms with Crippen LogP contribution in [0.25, 0.3) is 0 Å². The predicted molar refractivity (Wildman–Crippen MR) is 117 cm³/mol. The van der Waals surface area contributed by atoms with E-state index in [0.29, 0.717) is 43.3 Å². The molecule has 1 N–H and O–H groups in total. The molecule has 2 aromatic rings. The van der Waals surface area contributed by atoms with Gasteiger partial charge in [0, 0.05) is 13.1 Å². The second kappa shape index (κ2) is 10.9. The molecule has 2 aromatic carbocycles. The molecular weight excluding hydrogens is 418 g/mol. The number of nitrogens with one attached hydrogen (secondary N) is 1. The third kappa shape index (κ3) is 6.18. The molecule has 32 heavy (non-hydrogen) atoms. The lowest BCUT2D eigenvalue weighted by Gasteiger charge is -2.32. The fraction of sp³-hybridized carbons (Fsp3) is 0.417. The highest BCUT2D eigenvalue weighted by molar-refractivity contribution is 5.98. The number of anilines is 1. The average Bonchev–Trinajstić information content (AvgIpc) is 2.78. The summed E-state index contributed by atoms with van der Waals surface area (Å²) in [6.07, 6.45) is 1.26. The summed E-state index contributed by atoms with van der Waals surface area (Å²) in [5.41, 5.74) is 0.638. The van der Waals surface area contributed by atoms with Gasteiger partial charge in [-0.15, -0.1) is 0 Å². The summed E-state index contributed by atoms with van der Waals surface area (Å²) in [6.45, 7) is 2.22. The van der Waals surface area contributed by atoms with E-state index >= 15 is 0 Å². The van der Waals surface area contributed by atoms with E-state index in [2.05, 4.69) is 10.1 Å². The van der Waals surface area contributed by atoms with Crippen LogP contribution in [0.4, 0.5) is 14.5 Å². The minimum atomic E-state index is -3.03. The van der Waals surface area contributed by atoms with Crippen molar-refractivity contribution in [3.8, 4) is 11.5 Å². The molecule has 0 spiro atoms. The lowest BCUT2D eigenvalue weighted by Crippen LogP contribution is -2.44. The van der Waals surface area contributed by atoms with Gasteiger partial charge in [-0.25, -0.2) is 0 Å². The van der Waals surface area contributed by atoms with Crippen molar-refractivity contribution in [2.24, 2.45) is 11.8 Å². The summed E-state index contributed by atoms with van der Waals surface area (Å²) < 4.78 is 35.7. The van der Waals surface area contributed by atoms with Gasteiger partial charge in [0.05, 0.1) is 23.8 Å². The normalized spacial score (nSPS) is 16.2. The topological polar surface area (TPSA) is 67.9 Å². The standard InChI is InChI=1S/C24H28F2N2O4/c1-16(2)15-31-21-12-6-4-10-19(21)27-22(29)17-8-7-13-28(14-17)23(30)18-9-3-5-11-20(18)32-24(25)26/h3-6,9-12,16-17,24H,7-8,13-15H2,1-2H3,(H,27,29). The van der Waals surface area contributed by atoms with Crippen LogP contribution in [0.1, 0.15) is 37.0 Å². The molecule has 8 heteroatoms. The van der Waals surface area contributed by atoms with E-state index in [1.807, 2.05) is 26.0 Å². The van der Waals surface area contributed by atoms with Crippen molar-refractivity contribution in [2.45, 2.75) is 33.3 Å². The molecule has 172 valence electrons. The van der Waals surface area contributed by atoms with E-state index in [1.165, 1.54) is 23.1 Å². The van der Waals surface area contributed by atoms with E-state index in [9.17, 15) is 18.4 Å². The smallest absolute Gasteiger partial charge is 0.387 e. The van der Waals surface area contributed by atoms with Crippen LogP contribution in [-0.2, 0) is 4.79 Å². The number of para-hydroxylation sites is 3. The van der Waals surface area contributed by atoms with Gasteiger partial charge in [0.15, 0.2) is 0 Å². The minimum Gasteiger partial charge on any atom is -0.491 e. The Morgan fingerprint density at radius 2 is 1.78 bits per heavy atom. The van der Waals surface area contributed by atoms with Crippen LogP contribution in [0, 0.1) is 11.8 Å². The molecular formula is C24H28F2N2O4. The number of hydrogen-bond acceptors (Lipinski definition) is 4. The van der Waals surface area contributed by atoms with Gasteiger partial charge in [0.1, 0.15) is 11.5 Å². The van der Waals surface area contributed by atoms with Gasteiger partial charge >= 0.3 is 6.61 Å². The van der Waals surface area contributed by atoms with Crippen molar-refractivity contribution in [3.05, 3.63) is 54.1 Å². The Morgan fingerprint density at radius 3 is 2.50 bits per heavy atom. The summed E-state index contributed by atoms with van der Waals surface area (Å²) in [5.74, 6) is -0.297. The molecule has 6 nitrogen and oxygen atoms in total. The third-order valence-corrected chi connectivity index (χ3v) is 5.13. The summed E-state index contributed by atoms with van der Waals surface area (Å²) >= 11 is 0. The minimum absolute atomic E-state index is 0.0567. The molecule has 2 amide bonds. The maximum Gasteiger partial charge on any atom is 0.387 e. The summed E-state index contributed by atoms with van der Waals surface area (Å²) in [4.78, 5) is 27.4. The number of halogens is 2. The Morgan fingerprint density at radius 1 is 1.09 bits per heavy atom. The fourth-order valence-electron chi connectivity index (χ4n) is 3.58. The summed E-state index contributed by atoms with van der Waals surface area (Å²) in [6, 6.07) is 13.1. The van der Waals surface area contributed by atoms with Gasteiger partial charge in [-0.3, -0.25) is 9.59 Å². The van der Waals surface area contributed by atoms with Crippen molar-refractivity contribution >= 4 is 17.5 Å². The van der Waals surface area contributed by atoms with Crippen LogP contribution in [0.2, 0.25) is 0 Å². The Hall–Kier alpha value is -3.16. The quantitative estimate of drug-likeness (QED) is 0.632. The Labute approximate surface area is 186 Å². The fourth-order valence-corrected chi connectivity index (χ4v) is 3.58. The zero-order valence-electron chi connectivity index (χ0n) is 18.2. The van der Waals surface area contributed by atoms with Crippen LogP contribution >= 0.6 is 0 Å². The van der Waals surface area contributed by atoms with Crippen LogP contribution in [0.3, 0.4) is 0 Å². The van der Waals surface area contributed by atoms with E-state index < -0.39 is 18.4 Å². The molecule has 1 heterocycles. The largest absolute Gasteiger partial charge is 0.491 e. The molecule has 0 saturated carbocycles. The average molecular weight is 446 g/mol. The summed E-state index contributed by atoms with van der Waals surface area (Å²) in [7, 11) is 0. The summed E-state index contributed by atoms with van der Waals surface area (Å²) in [5, 5.41) is 2.91. The van der Waals surface area contributed by atoms with Gasteiger partial charge in [-0.1, -0.05) is 38.1 Å². The highest BCUT2D eigenvalue weighted by Crippen LogP contribution is 2.28. The zero-order valence-corrected chi connectivity index (χ0v) is 18.2. The first-order valence-corrected chi connectivity index (χ1v) is 10.7. The highest BCUT2D eigenvalue weighted by Gasteiger charge is 2.30. The maximum absolute atomic E-state index is 13.0. The number of hydrogen-bond donors (Lipinski definition) is 1. The first-order chi connectivity index (χ1) is 15.3. The Kier molecular flexibility index (Phi) is 8.03. The maximum atomic E-state index is 13.0. The number of carbonyl (C=O) groups excluding carboxylic acids is 2. The number of rotatable bonds is 8. The predicted octanol–water partition coefficient (Wildman–Crippen LogP) is 4.81. The number of benzene rings is 2. The van der Waals surface area contributed by atoms with Gasteiger partial charge in [0.2, 0.25) is 5.91 Å². The molecule has 1 fully saturated rings. The van der Waals surface area contributed by atoms with Gasteiger partial charge in [-0.05, 0) is 43.0 Å². The first-order valence-electron chi connectivity index (χ1n) is 10.7. The van der Waals surface area contributed by atoms with Crippen molar-refractivity contribution in [2.75, 3.05) is 25.0 Å². The van der Waals surface area contributed by atoms with Crippen LogP contribution in [-0.4, -0.2) is 43.0 Å². The second-order valence-corrected chi connectivity index (χ2v) is 8.16. The number of nitrogens with zero attached hydrogens (tertiary/aromatic N) is 1. The molecule has 1 aliphatic heterocycles. The molecule has 1 atom stereocenters. The molecule has 1 aliphatic rings. The molecule has 0 aromatic heterocycles. The van der Waals surface area contributed by atoms with E-state index in [0.717, 1.165) is 0 Å². The molecule has 1 unspecified atom stereocenters. The van der Waals surface area contributed by atoms with E-state index in [-0.39, 0.29) is 23.8 Å². The van der Waals surface area contributed by atoms with Crippen LogP contribution in [0.5, 0.6) is 11.5 Å². The lowest BCUT2D eigenvalue weighted by molar-refractivity contribution is -0.121. The zero-order chi connectivity index (χ0) is 23.1. The van der Waals surface area contributed by atoms with E-state index in [1.54, 1.807) is 18.2 Å². The van der Waals surface area contributed by atoms with Crippen LogP contribution in [0.15, 0.2) is 48.5 Å². The number of carbonyl (C=O) groups is 2. The Bertz CT molecular complexity index is 936. The van der Waals surface area contributed by atoms with Crippen molar-refractivity contribution in [3.63, 3.8) is 0 Å². The molecule has 3 rings (SSSR count). The van der Waals surface area contributed by atoms with Crippen LogP contribution < -0.4 is 14.8 Å². The second-order valence-electron chi connectivity index (χ2n) is 8.16. The molecule has 0 aliphatic carbocycles. The van der Waals surface area contributed by atoms with Gasteiger partial charge < -0.3 is 19.7 Å². The van der Waals surface area contributed by atoms with Crippen molar-refractivity contribution < 1.29 is 27.8 Å². The molecule has 1 saturated heterocycles. The number of alkyl halides is 2. The van der Waals surface area contributed by atoms with E-state index in [4.69, 9.17) is 4.74 Å². The van der Waals surface area contributed by atoms with Gasteiger partial charge in [0.25, 0.3) is 5.91 Å². The number of ether oxygens (including phenoxy) is 2. The van der Waals surface area contributed by atoms with Crippen molar-refractivity contribution in [1.29, 1.82) is 0 Å². The monoisotopic (exact) mass is 446 g/mol. The number of piperidine rings is 1. The SMILES string of the molecule is CC(C)COc1ccccc1NC(=O)C1CCCN(C(=O)c2ccccc2OC(F)F)C1. The molecule has 0 bridgehead atoms.